The van der Waals surface area contributed by atoms with Gasteiger partial charge in [-0.25, -0.2) is 0 Å². The van der Waals surface area contributed by atoms with Crippen LogP contribution in [0.1, 0.15) is 435 Å². The van der Waals surface area contributed by atoms with Crippen LogP contribution in [-0.2, 0) is 0 Å². The van der Waals surface area contributed by atoms with Crippen LogP contribution in [-0.4, -0.2) is 0 Å². The SMILES string of the molecule is CC.CC.CC(C)C.CC12CC3CC(CC(C3)C1)C2.CC1CCCC1.CC1CCCCC1.CCC(C)(C)C.CCC(C)C.CCC12CC3CC(CC(C3)C1)C2.CCC1CC2CCC1C2.CCC1CCCC1.CCC1CCCCC1.C[C@H]1CC2CCC1C2. The topological polar surface area (TPSA) is 0 Å². The summed E-state index contributed by atoms with van der Waals surface area (Å²) in [4.78, 5) is 0. The highest BCUT2D eigenvalue weighted by Gasteiger charge is 2.50. The first kappa shape index (κ1) is 83.1. The summed E-state index contributed by atoms with van der Waals surface area (Å²) in [5.74, 6) is 19.7. The average Bonchev–Trinajstić information content (AvgIpc) is 1.89. The van der Waals surface area contributed by atoms with Crippen molar-refractivity contribution >= 4 is 0 Å². The molecule has 0 aromatic heterocycles. The minimum atomic E-state index is 0.542. The Bertz CT molecular complexity index is 1470. The quantitative estimate of drug-likeness (QED) is 0.257. The zero-order valence-electron chi connectivity index (χ0n) is 65.0. The molecule has 6 atom stereocenters. The summed E-state index contributed by atoms with van der Waals surface area (Å²) in [6.07, 6.45) is 66.8. The first-order valence-corrected chi connectivity index (χ1v) is 41.5. The van der Waals surface area contributed by atoms with Crippen LogP contribution >= 0.6 is 0 Å². The molecule has 0 saturated heterocycles. The number of fused-ring (bicyclic) bond motifs is 4. The van der Waals surface area contributed by atoms with Crippen LogP contribution in [0.5, 0.6) is 0 Å². The van der Waals surface area contributed by atoms with Crippen molar-refractivity contribution in [3.05, 3.63) is 0 Å². The molecule has 0 radical (unpaired) electrons. The normalized spacial score (nSPS) is 35.0. The maximum absolute atomic E-state index is 2.54. The molecule has 0 N–H and O–H groups in total. The van der Waals surface area contributed by atoms with Crippen LogP contribution in [0.25, 0.3) is 0 Å². The minimum Gasteiger partial charge on any atom is -0.0683 e. The highest BCUT2D eigenvalue weighted by molar-refractivity contribution is 5.01. The second-order valence-electron chi connectivity index (χ2n) is 36.0. The van der Waals surface area contributed by atoms with Crippen LogP contribution in [0.4, 0.5) is 0 Å². The maximum Gasteiger partial charge on any atom is -0.0292 e. The fraction of sp³-hybridized carbons (Fsp3) is 1.00. The predicted octanol–water partition coefficient (Wildman–Crippen LogP) is 30.7. The Morgan fingerprint density at radius 1 is 0.368 bits per heavy atom. The number of rotatable bonds is 5. The molecule has 0 aliphatic heterocycles. The lowest BCUT2D eigenvalue weighted by molar-refractivity contribution is -0.0545. The van der Waals surface area contributed by atoms with E-state index in [4.69, 9.17) is 0 Å². The van der Waals surface area contributed by atoms with Gasteiger partial charge in [-0.2, -0.15) is 0 Å². The van der Waals surface area contributed by atoms with Crippen molar-refractivity contribution in [1.29, 1.82) is 0 Å². The molecule has 16 aliphatic carbocycles. The van der Waals surface area contributed by atoms with Crippen LogP contribution in [0, 0.1) is 123 Å². The fourth-order valence-corrected chi connectivity index (χ4v) is 20.2. The average molecular weight is 1220 g/mol. The van der Waals surface area contributed by atoms with E-state index in [1.165, 1.54) is 154 Å². The summed E-state index contributed by atoms with van der Waals surface area (Å²) < 4.78 is 0. The number of hydrogen-bond acceptors (Lipinski definition) is 0. The van der Waals surface area contributed by atoms with Crippen LogP contribution in [0.2, 0.25) is 0 Å². The van der Waals surface area contributed by atoms with Crippen LogP contribution in [0.3, 0.4) is 0 Å². The van der Waals surface area contributed by atoms with Gasteiger partial charge in [-0.05, 0) is 238 Å². The molecule has 87 heavy (non-hydrogen) atoms. The summed E-state index contributed by atoms with van der Waals surface area (Å²) in [5, 5.41) is 0. The van der Waals surface area contributed by atoms with E-state index < -0.39 is 0 Å². The van der Waals surface area contributed by atoms with Crippen LogP contribution in [0.15, 0.2) is 0 Å². The van der Waals surface area contributed by atoms with Gasteiger partial charge in [0.1, 0.15) is 0 Å². The Kier molecular flexibility index (Phi) is 44.1. The van der Waals surface area contributed by atoms with E-state index in [2.05, 4.69) is 125 Å². The molecule has 16 fully saturated rings. The Morgan fingerprint density at radius 3 is 0.851 bits per heavy atom. The largest absolute Gasteiger partial charge is 0.0683 e. The molecular formula is C87H172. The lowest BCUT2D eigenvalue weighted by Gasteiger charge is -2.56. The monoisotopic (exact) mass is 1220 g/mol. The Hall–Kier alpha value is 0. The summed E-state index contributed by atoms with van der Waals surface area (Å²) in [5.41, 5.74) is 2.18. The van der Waals surface area contributed by atoms with E-state index in [9.17, 15) is 0 Å². The Morgan fingerprint density at radius 2 is 0.678 bits per heavy atom. The maximum atomic E-state index is 2.54. The van der Waals surface area contributed by atoms with Gasteiger partial charge in [-0.1, -0.05) is 319 Å². The third kappa shape index (κ3) is 34.8. The molecule has 16 aliphatic rings. The van der Waals surface area contributed by atoms with Gasteiger partial charge in [0.2, 0.25) is 0 Å². The molecule has 12 bridgehead atoms. The molecular weight excluding hydrogens is 1040 g/mol. The second-order valence-corrected chi connectivity index (χ2v) is 36.0. The van der Waals surface area contributed by atoms with Gasteiger partial charge >= 0.3 is 0 Å². The third-order valence-corrected chi connectivity index (χ3v) is 25.5. The van der Waals surface area contributed by atoms with Gasteiger partial charge < -0.3 is 0 Å². The first-order valence-electron chi connectivity index (χ1n) is 41.5. The third-order valence-electron chi connectivity index (χ3n) is 25.5. The molecule has 0 amide bonds. The summed E-state index contributed by atoms with van der Waals surface area (Å²) in [6, 6.07) is 0. The van der Waals surface area contributed by atoms with E-state index >= 15 is 0 Å². The zero-order valence-corrected chi connectivity index (χ0v) is 65.0. The Labute approximate surface area is 554 Å². The van der Waals surface area contributed by atoms with Crippen molar-refractivity contribution in [1.82, 2.24) is 0 Å². The van der Waals surface area contributed by atoms with E-state index in [-0.39, 0.29) is 0 Å². The second kappa shape index (κ2) is 46.2. The smallest absolute Gasteiger partial charge is 0.0292 e. The van der Waals surface area contributed by atoms with Crippen molar-refractivity contribution in [2.75, 3.05) is 0 Å². The lowest BCUT2D eigenvalue weighted by Crippen LogP contribution is -2.45. The zero-order chi connectivity index (χ0) is 65.0. The molecule has 0 aromatic rings. The molecule has 0 aromatic carbocycles. The molecule has 16 rings (SSSR count). The fourth-order valence-electron chi connectivity index (χ4n) is 20.2. The van der Waals surface area contributed by atoms with E-state index in [0.717, 1.165) is 117 Å². The van der Waals surface area contributed by atoms with Gasteiger partial charge in [0.15, 0.2) is 0 Å². The highest BCUT2D eigenvalue weighted by Crippen LogP contribution is 2.62. The molecule has 0 nitrogen and oxygen atoms in total. The van der Waals surface area contributed by atoms with E-state index in [1.54, 1.807) is 128 Å². The van der Waals surface area contributed by atoms with Crippen molar-refractivity contribution in [3.63, 3.8) is 0 Å². The van der Waals surface area contributed by atoms with Gasteiger partial charge in [-0.15, -0.1) is 0 Å². The van der Waals surface area contributed by atoms with Crippen LogP contribution < -0.4 is 0 Å². The van der Waals surface area contributed by atoms with Gasteiger partial charge in [0, 0.05) is 0 Å². The predicted molar refractivity (Wildman–Crippen MR) is 398 cm³/mol. The van der Waals surface area contributed by atoms with Gasteiger partial charge in [0.25, 0.3) is 0 Å². The molecule has 520 valence electrons. The molecule has 0 heteroatoms. The highest BCUT2D eigenvalue weighted by atomic mass is 14.6. The van der Waals surface area contributed by atoms with Crippen molar-refractivity contribution in [2.24, 2.45) is 123 Å². The van der Waals surface area contributed by atoms with Gasteiger partial charge in [-0.3, -0.25) is 0 Å². The lowest BCUT2D eigenvalue weighted by atomic mass is 9.49. The van der Waals surface area contributed by atoms with Crippen molar-refractivity contribution < 1.29 is 0 Å². The molecule has 0 heterocycles. The summed E-state index contributed by atoms with van der Waals surface area (Å²) in [6.45, 7) is 49.1. The van der Waals surface area contributed by atoms with Crippen molar-refractivity contribution in [3.8, 4) is 0 Å². The standard InChI is InChI=1S/C12H20.C11H18.C9H16.C8H14.C8H16.2C7H14.C6H12.C6H14.C5H12.C4H10.2C2H6/c1-2-12-6-9-3-10(7-12)5-11(4-9)8-12;1-11-5-8-2-9(6-11)4-10(3-8)7-11;1-2-8-5-7-3-4-9(8)6-7;1-6-4-7-2-3-8(6)5-7;1-2-8-6-4-3-5-7-8;1-7-5-3-2-4-6-7;1-2-7-5-3-4-6-7;1-6-4-2-3-5-6;1-5-6(2,3)4;1-4-5(2)3;1-4(2)3;2*1-2/h9-11H,2-8H2,1H3;8-10H,2-7H2,1H3;7-9H,2-6H2,1H3;6-8H,2-5H2,1H3;8H,2-7H2,1H3;2*7H,2-6H2,1H3;6H,2-5H2,1H3;5H2,1-4H3;5H,4H2,1-3H3;4H,1-3H3;2*1-2H3/t;;;6-,7?,8?;;;;;;;;;/m...0........./s1. The van der Waals surface area contributed by atoms with Crippen molar-refractivity contribution in [2.45, 2.75) is 435 Å². The first-order chi connectivity index (χ1) is 41.5. The summed E-state index contributed by atoms with van der Waals surface area (Å²) >= 11 is 0. The summed E-state index contributed by atoms with van der Waals surface area (Å²) in [7, 11) is 0. The van der Waals surface area contributed by atoms with E-state index in [1.807, 2.05) is 27.7 Å². The van der Waals surface area contributed by atoms with E-state index in [0.29, 0.717) is 5.41 Å². The van der Waals surface area contributed by atoms with Gasteiger partial charge in [0.05, 0.1) is 0 Å². The minimum absolute atomic E-state index is 0.542. The Balaban J connectivity index is 0.000000329. The molecule has 16 saturated carbocycles. The molecule has 0 spiro atoms. The molecule has 5 unspecified atom stereocenters. The number of hydrogen-bond donors (Lipinski definition) is 0.